The Balaban J connectivity index is 0.845. The van der Waals surface area contributed by atoms with Crippen molar-refractivity contribution in [2.75, 3.05) is 24.5 Å². The number of ketones is 2. The van der Waals surface area contributed by atoms with Gasteiger partial charge in [0, 0.05) is 86.1 Å². The predicted octanol–water partition coefficient (Wildman–Crippen LogP) is 7.83. The number of imide groups is 1. The minimum absolute atomic E-state index is 0.00161. The van der Waals surface area contributed by atoms with Crippen LogP contribution in [0.5, 0.6) is 11.5 Å². The lowest BCUT2D eigenvalue weighted by molar-refractivity contribution is -0.196. The van der Waals surface area contributed by atoms with E-state index in [9.17, 15) is 24.4 Å². The molecule has 1 N–H and O–H groups in total. The second kappa shape index (κ2) is 17.7. The van der Waals surface area contributed by atoms with Crippen molar-refractivity contribution in [2.45, 2.75) is 131 Å². The number of nitrogens with zero attached hydrogens (tertiary/aromatic N) is 5. The number of carbonyl (C=O) groups excluding carboxylic acids is 4. The molecule has 12 heteroatoms. The first-order valence-electron chi connectivity index (χ1n) is 22.1. The summed E-state index contributed by atoms with van der Waals surface area (Å²) in [5, 5.41) is 11.8. The van der Waals surface area contributed by atoms with Crippen molar-refractivity contribution in [3.05, 3.63) is 76.7 Å². The van der Waals surface area contributed by atoms with E-state index in [2.05, 4.69) is 67.7 Å². The minimum atomic E-state index is -0.465. The largest absolute Gasteiger partial charge is 0.490 e. The topological polar surface area (TPSA) is 155 Å². The van der Waals surface area contributed by atoms with Crippen LogP contribution < -0.4 is 19.7 Å². The first-order chi connectivity index (χ1) is 28.9. The molecule has 1 atom stereocenters. The van der Waals surface area contributed by atoms with Gasteiger partial charge in [-0.1, -0.05) is 27.7 Å². The molecule has 3 heterocycles. The zero-order valence-electron chi connectivity index (χ0n) is 37.1. The lowest BCUT2D eigenvalue weighted by atomic mass is 9.44. The van der Waals surface area contributed by atoms with E-state index < -0.39 is 5.92 Å². The van der Waals surface area contributed by atoms with E-state index in [-0.39, 0.29) is 65.2 Å². The number of benzene rings is 2. The number of ether oxygens (including phenoxy) is 2. The summed E-state index contributed by atoms with van der Waals surface area (Å²) in [6, 6.07) is 14.2. The zero-order valence-corrected chi connectivity index (χ0v) is 37.1. The molecule has 0 radical (unpaired) electrons. The summed E-state index contributed by atoms with van der Waals surface area (Å²) in [6.07, 6.45) is 8.60. The number of hydrogen-bond acceptors (Lipinski definition) is 11. The molecule has 0 bridgehead atoms. The molecule has 2 aromatic carbocycles. The SMILES string of the molecule is Cc1cc(OC2C(C)(C)C(CC(=O)c3cnc(N4CCC(CN(C(C)C)C5CC(Oc6ccc(C(=O)CC7CCC(=O)NC7=O)cc6)C5)CC4)cn3)C2(C)C)cc(C)c1C#N. The van der Waals surface area contributed by atoms with E-state index in [4.69, 9.17) is 14.5 Å². The Labute approximate surface area is 360 Å². The van der Waals surface area contributed by atoms with Crippen molar-refractivity contribution >= 4 is 29.2 Å². The summed E-state index contributed by atoms with van der Waals surface area (Å²) >= 11 is 0. The number of rotatable bonds is 15. The highest BCUT2D eigenvalue weighted by Crippen LogP contribution is 2.61. The fourth-order valence-corrected chi connectivity index (χ4v) is 10.8. The highest BCUT2D eigenvalue weighted by atomic mass is 16.5. The van der Waals surface area contributed by atoms with Gasteiger partial charge in [0.05, 0.1) is 24.0 Å². The van der Waals surface area contributed by atoms with E-state index in [0.29, 0.717) is 47.7 Å². The number of piperidine rings is 2. The van der Waals surface area contributed by atoms with Gasteiger partial charge < -0.3 is 14.4 Å². The number of amides is 2. The second-order valence-electron chi connectivity index (χ2n) is 19.5. The average Bonchev–Trinajstić information content (AvgIpc) is 3.20. The van der Waals surface area contributed by atoms with Crippen LogP contribution in [0.3, 0.4) is 0 Å². The van der Waals surface area contributed by atoms with Crippen LogP contribution in [-0.4, -0.2) is 82.2 Å². The number of aromatic nitrogens is 2. The van der Waals surface area contributed by atoms with Crippen LogP contribution in [0, 0.1) is 53.8 Å². The molecule has 3 aromatic rings. The van der Waals surface area contributed by atoms with Crippen LogP contribution in [0.25, 0.3) is 0 Å². The van der Waals surface area contributed by atoms with Crippen LogP contribution in [0.4, 0.5) is 5.82 Å². The molecule has 1 aromatic heterocycles. The Bertz CT molecular complexity index is 2120. The monoisotopic (exact) mass is 830 g/mol. The minimum Gasteiger partial charge on any atom is -0.490 e. The Morgan fingerprint density at radius 1 is 0.902 bits per heavy atom. The number of aryl methyl sites for hydroxylation is 2. The number of carbonyl (C=O) groups is 4. The summed E-state index contributed by atoms with van der Waals surface area (Å²) in [6.45, 7) is 19.9. The molecule has 7 rings (SSSR count). The lowest BCUT2D eigenvalue weighted by Gasteiger charge is -2.63. The van der Waals surface area contributed by atoms with Crippen molar-refractivity contribution in [2.24, 2.45) is 28.6 Å². The molecule has 2 saturated heterocycles. The van der Waals surface area contributed by atoms with Crippen molar-refractivity contribution in [1.82, 2.24) is 20.2 Å². The van der Waals surface area contributed by atoms with Gasteiger partial charge in [-0.05, 0) is 106 Å². The first-order valence-corrected chi connectivity index (χ1v) is 22.1. The summed E-state index contributed by atoms with van der Waals surface area (Å²) in [7, 11) is 0. The quantitative estimate of drug-likeness (QED) is 0.118. The van der Waals surface area contributed by atoms with Crippen molar-refractivity contribution in [3.8, 4) is 17.6 Å². The molecule has 4 fully saturated rings. The number of hydrogen-bond donors (Lipinski definition) is 1. The summed E-state index contributed by atoms with van der Waals surface area (Å²) in [4.78, 5) is 64.2. The van der Waals surface area contributed by atoms with Crippen molar-refractivity contribution < 1.29 is 28.7 Å². The molecule has 2 saturated carbocycles. The van der Waals surface area contributed by atoms with E-state index in [1.54, 1.807) is 24.5 Å². The van der Waals surface area contributed by atoms with Crippen LogP contribution >= 0.6 is 0 Å². The zero-order chi connectivity index (χ0) is 43.8. The molecule has 4 aliphatic rings. The van der Waals surface area contributed by atoms with Crippen molar-refractivity contribution in [3.63, 3.8) is 0 Å². The fourth-order valence-electron chi connectivity index (χ4n) is 10.8. The van der Waals surface area contributed by atoms with Gasteiger partial charge in [-0.15, -0.1) is 0 Å². The van der Waals surface area contributed by atoms with Crippen LogP contribution in [-0.2, 0) is 9.59 Å². The molecular formula is C49H62N6O6. The Hall–Kier alpha value is -5.15. The number of Topliss-reactive ketones (excluding diaryl/α,β-unsaturated/α-hetero) is 2. The van der Waals surface area contributed by atoms with Crippen LogP contribution in [0.15, 0.2) is 48.8 Å². The van der Waals surface area contributed by atoms with Gasteiger partial charge in [0.15, 0.2) is 11.6 Å². The summed E-state index contributed by atoms with van der Waals surface area (Å²) in [5.41, 5.74) is 2.95. The highest BCUT2D eigenvalue weighted by molar-refractivity contribution is 6.03. The average molecular weight is 831 g/mol. The van der Waals surface area contributed by atoms with Gasteiger partial charge in [0.1, 0.15) is 35.2 Å². The molecule has 1 unspecified atom stereocenters. The highest BCUT2D eigenvalue weighted by Gasteiger charge is 2.63. The molecule has 2 aliphatic carbocycles. The number of nitriles is 1. The Morgan fingerprint density at radius 2 is 1.56 bits per heavy atom. The van der Waals surface area contributed by atoms with Crippen LogP contribution in [0.2, 0.25) is 0 Å². The van der Waals surface area contributed by atoms with E-state index in [0.717, 1.165) is 73.8 Å². The van der Waals surface area contributed by atoms with Gasteiger partial charge in [-0.2, -0.15) is 5.26 Å². The molecule has 12 nitrogen and oxygen atoms in total. The third-order valence-corrected chi connectivity index (χ3v) is 14.2. The van der Waals surface area contributed by atoms with Gasteiger partial charge in [0.2, 0.25) is 11.8 Å². The third kappa shape index (κ3) is 9.37. The normalized spacial score (nSPS) is 24.7. The van der Waals surface area contributed by atoms with E-state index in [1.807, 2.05) is 38.1 Å². The fraction of sp³-hybridized carbons (Fsp3) is 0.571. The number of nitrogens with one attached hydrogen (secondary N) is 1. The van der Waals surface area contributed by atoms with E-state index in [1.165, 1.54) is 0 Å². The first kappa shape index (κ1) is 43.9. The second-order valence-corrected chi connectivity index (χ2v) is 19.5. The summed E-state index contributed by atoms with van der Waals surface area (Å²) < 4.78 is 12.9. The smallest absolute Gasteiger partial charge is 0.230 e. The Kier molecular flexibility index (Phi) is 12.7. The lowest BCUT2D eigenvalue weighted by Crippen LogP contribution is -2.66. The standard InChI is InChI=1S/C49H62N6O6/c1-29(2)55(35-22-38(23-35)60-36-12-9-33(10-13-36)41(56)21-34-11-14-45(58)53-46(34)59)28-32-15-17-54(18-16-32)44-27-51-40(26-52-44)42(57)24-43-48(5,6)47(49(43,7)8)61-37-19-30(3)39(25-50)31(4)20-37/h9-10,12-13,19-20,26-27,29,32,34-35,38,43,47H,11,14-18,21-24,28H2,1-8H3,(H,53,58,59). The Morgan fingerprint density at radius 3 is 2.13 bits per heavy atom. The predicted molar refractivity (Wildman–Crippen MR) is 233 cm³/mol. The molecule has 61 heavy (non-hydrogen) atoms. The number of anilines is 1. The molecule has 324 valence electrons. The third-order valence-electron chi connectivity index (χ3n) is 14.2. The van der Waals surface area contributed by atoms with E-state index >= 15 is 0 Å². The summed E-state index contributed by atoms with van der Waals surface area (Å²) in [5.74, 6) is 1.76. The van der Waals surface area contributed by atoms with Crippen LogP contribution in [0.1, 0.15) is 130 Å². The molecule has 0 spiro atoms. The maximum Gasteiger partial charge on any atom is 0.230 e. The maximum atomic E-state index is 13.6. The van der Waals surface area contributed by atoms with Gasteiger partial charge >= 0.3 is 0 Å². The molecule has 2 aliphatic heterocycles. The van der Waals surface area contributed by atoms with Gasteiger partial charge in [0.25, 0.3) is 0 Å². The van der Waals surface area contributed by atoms with Gasteiger partial charge in [-0.25, -0.2) is 9.97 Å². The maximum absolute atomic E-state index is 13.6. The van der Waals surface area contributed by atoms with Gasteiger partial charge in [-0.3, -0.25) is 29.4 Å². The molecular weight excluding hydrogens is 769 g/mol. The molecule has 2 amide bonds. The van der Waals surface area contributed by atoms with Crippen molar-refractivity contribution in [1.29, 1.82) is 5.26 Å².